The maximum Gasteiger partial charge on any atom is 0.347 e. The van der Waals surface area contributed by atoms with Gasteiger partial charge in [0.25, 0.3) is 0 Å². The molecule has 0 aliphatic heterocycles. The zero-order chi connectivity index (χ0) is 25.3. The van der Waals surface area contributed by atoms with E-state index >= 15 is 0 Å². The fourth-order valence-electron chi connectivity index (χ4n) is 3.72. The Bertz CT molecular complexity index is 944. The first-order chi connectivity index (χ1) is 16.2. The van der Waals surface area contributed by atoms with Gasteiger partial charge in [-0.25, -0.2) is 9.78 Å². The number of carbonyl (C=O) groups is 2. The Morgan fingerprint density at radius 3 is 2.44 bits per heavy atom. The number of halogens is 2. The Morgan fingerprint density at radius 2 is 1.85 bits per heavy atom. The van der Waals surface area contributed by atoms with Gasteiger partial charge >= 0.3 is 11.9 Å². The third-order valence-electron chi connectivity index (χ3n) is 5.51. The van der Waals surface area contributed by atoms with Gasteiger partial charge in [0, 0.05) is 44.0 Å². The largest absolute Gasteiger partial charge is 0.463 e. The number of hydrogen-bond acceptors (Lipinski definition) is 7. The molecule has 190 valence electrons. The minimum atomic E-state index is -0.948. The Morgan fingerprint density at radius 1 is 1.18 bits per heavy atom. The molecule has 1 aromatic heterocycles. The van der Waals surface area contributed by atoms with Crippen molar-refractivity contribution in [2.75, 3.05) is 36.4 Å². The first kappa shape index (κ1) is 28.2. The van der Waals surface area contributed by atoms with Gasteiger partial charge in [0.15, 0.2) is 6.10 Å². The van der Waals surface area contributed by atoms with Gasteiger partial charge in [-0.1, -0.05) is 13.8 Å². The lowest BCUT2D eigenvalue weighted by atomic mass is 10.1. The van der Waals surface area contributed by atoms with Gasteiger partial charge in [-0.2, -0.15) is 0 Å². The summed E-state index contributed by atoms with van der Waals surface area (Å²) in [6, 6.07) is 5.19. The highest BCUT2D eigenvalue weighted by Gasteiger charge is 2.28. The summed E-state index contributed by atoms with van der Waals surface area (Å²) in [5.74, 6) is 0.821. The molecule has 0 bridgehead atoms. The number of imidazole rings is 1. The number of hydrogen-bond donors (Lipinski definition) is 1. The topological polar surface area (TPSA) is 99.7 Å². The Labute approximate surface area is 211 Å². The SMILES string of the molecule is CCOC(=O)[C@H](CC(C)C)OC(=O)[C@H](N)CCc1nc2cc(N(CCCl)CCCl)ccc2n1C. The second-order valence-electron chi connectivity index (χ2n) is 8.58. The number of nitrogens with two attached hydrogens (primary N) is 1. The van der Waals surface area contributed by atoms with Crippen molar-refractivity contribution in [1.29, 1.82) is 0 Å². The van der Waals surface area contributed by atoms with Crippen LogP contribution in [-0.4, -0.2) is 65.1 Å². The number of rotatable bonds is 14. The fraction of sp³-hybridized carbons (Fsp3) is 0.625. The average Bonchev–Trinajstić information content (AvgIpc) is 3.11. The third kappa shape index (κ3) is 7.75. The maximum absolute atomic E-state index is 12.6. The monoisotopic (exact) mass is 514 g/mol. The summed E-state index contributed by atoms with van der Waals surface area (Å²) in [7, 11) is 1.93. The lowest BCUT2D eigenvalue weighted by molar-refractivity contribution is -0.169. The van der Waals surface area contributed by atoms with Gasteiger partial charge in [0.05, 0.1) is 17.6 Å². The molecule has 0 amide bonds. The van der Waals surface area contributed by atoms with Crippen LogP contribution in [0.2, 0.25) is 0 Å². The zero-order valence-corrected chi connectivity index (χ0v) is 21.9. The van der Waals surface area contributed by atoms with E-state index in [2.05, 4.69) is 4.90 Å². The molecule has 0 aliphatic rings. The van der Waals surface area contributed by atoms with Crippen molar-refractivity contribution < 1.29 is 19.1 Å². The van der Waals surface area contributed by atoms with Crippen LogP contribution >= 0.6 is 23.2 Å². The van der Waals surface area contributed by atoms with E-state index in [0.29, 0.717) is 44.1 Å². The number of carbonyl (C=O) groups excluding carboxylic acids is 2. The molecule has 0 aliphatic carbocycles. The smallest absolute Gasteiger partial charge is 0.347 e. The molecule has 0 saturated heterocycles. The number of esters is 2. The van der Waals surface area contributed by atoms with Gasteiger partial charge in [-0.15, -0.1) is 23.2 Å². The summed E-state index contributed by atoms with van der Waals surface area (Å²) in [5, 5.41) is 0. The average molecular weight is 515 g/mol. The quantitative estimate of drug-likeness (QED) is 0.303. The second kappa shape index (κ2) is 13.8. The summed E-state index contributed by atoms with van der Waals surface area (Å²) >= 11 is 11.9. The number of nitrogens with zero attached hydrogens (tertiary/aromatic N) is 3. The van der Waals surface area contributed by atoms with Crippen molar-refractivity contribution >= 4 is 51.9 Å². The molecule has 8 nitrogen and oxygen atoms in total. The Kier molecular flexibility index (Phi) is 11.4. The maximum atomic E-state index is 12.6. The van der Waals surface area contributed by atoms with Crippen molar-refractivity contribution in [3.63, 3.8) is 0 Å². The molecule has 2 N–H and O–H groups in total. The predicted molar refractivity (Wildman–Crippen MR) is 137 cm³/mol. The van der Waals surface area contributed by atoms with Gasteiger partial charge in [0.1, 0.15) is 11.9 Å². The number of aromatic nitrogens is 2. The van der Waals surface area contributed by atoms with Gasteiger partial charge in [0.2, 0.25) is 0 Å². The summed E-state index contributed by atoms with van der Waals surface area (Å²) in [4.78, 5) is 31.6. The first-order valence-corrected chi connectivity index (χ1v) is 12.7. The van der Waals surface area contributed by atoms with E-state index in [9.17, 15) is 9.59 Å². The van der Waals surface area contributed by atoms with Crippen LogP contribution < -0.4 is 10.6 Å². The van der Waals surface area contributed by atoms with Gasteiger partial charge in [-0.05, 0) is 43.9 Å². The summed E-state index contributed by atoms with van der Waals surface area (Å²) in [6.45, 7) is 7.22. The number of aryl methyl sites for hydroxylation is 2. The van der Waals surface area contributed by atoms with Crippen LogP contribution in [0.15, 0.2) is 18.2 Å². The normalized spacial score (nSPS) is 13.2. The van der Waals surface area contributed by atoms with Gasteiger partial charge < -0.3 is 24.7 Å². The van der Waals surface area contributed by atoms with Crippen LogP contribution in [-0.2, 0) is 32.5 Å². The number of fused-ring (bicyclic) bond motifs is 1. The number of ether oxygens (including phenoxy) is 2. The molecule has 0 fully saturated rings. The molecule has 2 aromatic rings. The lowest BCUT2D eigenvalue weighted by Gasteiger charge is -2.22. The van der Waals surface area contributed by atoms with E-state index in [1.54, 1.807) is 6.92 Å². The van der Waals surface area contributed by atoms with Crippen molar-refractivity contribution in [2.24, 2.45) is 18.7 Å². The fourth-order valence-corrected chi connectivity index (χ4v) is 4.13. The standard InChI is InChI=1S/C24H36Cl2N4O4/c1-5-33-24(32)21(14-16(2)3)34-23(31)18(27)7-9-22-28-19-15-17(6-8-20(19)29(22)4)30(12-10-25)13-11-26/h6,8,15-16,18,21H,5,7,9-14,27H2,1-4H3/t18-,21+/m1/s1. The molecule has 10 heteroatoms. The molecule has 1 aromatic carbocycles. The highest BCUT2D eigenvalue weighted by molar-refractivity contribution is 6.18. The van der Waals surface area contributed by atoms with Gasteiger partial charge in [-0.3, -0.25) is 4.79 Å². The van der Waals surface area contributed by atoms with Crippen LogP contribution in [0.25, 0.3) is 11.0 Å². The predicted octanol–water partition coefficient (Wildman–Crippen LogP) is 3.64. The molecule has 0 radical (unpaired) electrons. The summed E-state index contributed by atoms with van der Waals surface area (Å²) in [6.07, 6.45) is 0.258. The number of anilines is 1. The molecular weight excluding hydrogens is 479 g/mol. The third-order valence-corrected chi connectivity index (χ3v) is 5.84. The second-order valence-corrected chi connectivity index (χ2v) is 9.33. The molecule has 2 atom stereocenters. The van der Waals surface area contributed by atoms with Crippen molar-refractivity contribution in [2.45, 2.75) is 52.2 Å². The van der Waals surface area contributed by atoms with Crippen molar-refractivity contribution in [1.82, 2.24) is 9.55 Å². The van der Waals surface area contributed by atoms with Crippen LogP contribution in [0.1, 0.15) is 39.4 Å². The number of alkyl halides is 2. The zero-order valence-electron chi connectivity index (χ0n) is 20.4. The Hall–Kier alpha value is -2.03. The van der Waals surface area contributed by atoms with E-state index in [1.807, 2.05) is 43.7 Å². The highest BCUT2D eigenvalue weighted by Crippen LogP contribution is 2.23. The Balaban J connectivity index is 2.07. The van der Waals surface area contributed by atoms with E-state index in [4.69, 9.17) is 43.4 Å². The molecule has 1 heterocycles. The summed E-state index contributed by atoms with van der Waals surface area (Å²) in [5.41, 5.74) is 8.93. The van der Waals surface area contributed by atoms with Crippen LogP contribution in [0, 0.1) is 5.92 Å². The molecule has 0 unspecified atom stereocenters. The highest BCUT2D eigenvalue weighted by atomic mass is 35.5. The minimum absolute atomic E-state index is 0.160. The molecule has 0 spiro atoms. The molecule has 34 heavy (non-hydrogen) atoms. The lowest BCUT2D eigenvalue weighted by Crippen LogP contribution is -2.39. The molecule has 2 rings (SSSR count). The van der Waals surface area contributed by atoms with E-state index < -0.39 is 24.1 Å². The van der Waals surface area contributed by atoms with E-state index in [-0.39, 0.29) is 12.5 Å². The summed E-state index contributed by atoms with van der Waals surface area (Å²) < 4.78 is 12.4. The van der Waals surface area contributed by atoms with Crippen LogP contribution in [0.4, 0.5) is 5.69 Å². The molecule has 0 saturated carbocycles. The first-order valence-electron chi connectivity index (χ1n) is 11.7. The van der Waals surface area contributed by atoms with Crippen LogP contribution in [0.5, 0.6) is 0 Å². The molecular formula is C24H36Cl2N4O4. The van der Waals surface area contributed by atoms with Crippen LogP contribution in [0.3, 0.4) is 0 Å². The van der Waals surface area contributed by atoms with E-state index in [0.717, 1.165) is 22.5 Å². The number of benzene rings is 1. The van der Waals surface area contributed by atoms with Crippen molar-refractivity contribution in [3.05, 3.63) is 24.0 Å². The minimum Gasteiger partial charge on any atom is -0.463 e. The van der Waals surface area contributed by atoms with Crippen molar-refractivity contribution in [3.8, 4) is 0 Å². The van der Waals surface area contributed by atoms with E-state index in [1.165, 1.54) is 0 Å².